The van der Waals surface area contributed by atoms with Crippen LogP contribution < -0.4 is 0 Å². The predicted octanol–water partition coefficient (Wildman–Crippen LogP) is 8.01. The minimum atomic E-state index is 0.313. The van der Waals surface area contributed by atoms with Gasteiger partial charge < -0.3 is 0 Å². The van der Waals surface area contributed by atoms with E-state index in [9.17, 15) is 4.79 Å². The third kappa shape index (κ3) is 3.57. The van der Waals surface area contributed by atoms with Gasteiger partial charge >= 0.3 is 0 Å². The normalized spacial score (nSPS) is 43.2. The maximum Gasteiger partial charge on any atom is 0.155 e. The lowest BCUT2D eigenvalue weighted by molar-refractivity contribution is -0.117. The van der Waals surface area contributed by atoms with Gasteiger partial charge in [0, 0.05) is 6.42 Å². The predicted molar refractivity (Wildman–Crippen MR) is 127 cm³/mol. The monoisotopic (exact) mass is 410 g/mol. The second-order valence-electron chi connectivity index (χ2n) is 12.3. The third-order valence-electron chi connectivity index (χ3n) is 10.7. The van der Waals surface area contributed by atoms with Crippen LogP contribution in [0.4, 0.5) is 0 Å². The van der Waals surface area contributed by atoms with E-state index >= 15 is 0 Å². The van der Waals surface area contributed by atoms with Gasteiger partial charge in [-0.15, -0.1) is 0 Å². The zero-order valence-corrected chi connectivity index (χ0v) is 20.5. The van der Waals surface area contributed by atoms with E-state index in [1.54, 1.807) is 0 Å². The molecule has 0 amide bonds. The van der Waals surface area contributed by atoms with Gasteiger partial charge in [-0.05, 0) is 110 Å². The Kier molecular flexibility index (Phi) is 6.15. The molecule has 8 atom stereocenters. The van der Waals surface area contributed by atoms with Crippen LogP contribution in [0.2, 0.25) is 0 Å². The Morgan fingerprint density at radius 3 is 2.47 bits per heavy atom. The number of hydrogen-bond donors (Lipinski definition) is 0. The van der Waals surface area contributed by atoms with Crippen molar-refractivity contribution in [3.63, 3.8) is 0 Å². The zero-order chi connectivity index (χ0) is 21.7. The van der Waals surface area contributed by atoms with Crippen molar-refractivity contribution in [2.45, 2.75) is 99.3 Å². The van der Waals surface area contributed by atoms with Gasteiger partial charge in [-0.2, -0.15) is 0 Å². The van der Waals surface area contributed by atoms with Crippen molar-refractivity contribution in [1.82, 2.24) is 0 Å². The highest BCUT2D eigenvalue weighted by Crippen LogP contribution is 2.67. The molecule has 0 bridgehead atoms. The molecule has 4 rings (SSSR count). The van der Waals surface area contributed by atoms with E-state index in [2.05, 4.69) is 59.8 Å². The molecule has 0 spiro atoms. The maximum atomic E-state index is 12.1. The summed E-state index contributed by atoms with van der Waals surface area (Å²) in [5, 5.41) is 0. The molecule has 0 aromatic carbocycles. The Bertz CT molecular complexity index is 714. The van der Waals surface area contributed by atoms with Gasteiger partial charge in [0.05, 0.1) is 0 Å². The van der Waals surface area contributed by atoms with Crippen molar-refractivity contribution in [2.24, 2.45) is 52.3 Å². The van der Waals surface area contributed by atoms with Crippen LogP contribution in [-0.2, 0) is 4.79 Å². The van der Waals surface area contributed by atoms with Crippen molar-refractivity contribution in [3.05, 3.63) is 23.8 Å². The summed E-state index contributed by atoms with van der Waals surface area (Å²) in [6.07, 6.45) is 18.5. The quantitative estimate of drug-likeness (QED) is 0.419. The Labute approximate surface area is 186 Å². The number of rotatable bonds is 5. The summed E-state index contributed by atoms with van der Waals surface area (Å²) in [5.41, 5.74) is 2.34. The van der Waals surface area contributed by atoms with Crippen LogP contribution in [0.25, 0.3) is 0 Å². The van der Waals surface area contributed by atoms with Crippen LogP contribution in [0.5, 0.6) is 0 Å². The van der Waals surface area contributed by atoms with Crippen LogP contribution in [0.15, 0.2) is 23.8 Å². The van der Waals surface area contributed by atoms with Crippen LogP contribution in [0.1, 0.15) is 99.3 Å². The molecule has 3 fully saturated rings. The van der Waals surface area contributed by atoms with E-state index in [0.717, 1.165) is 48.3 Å². The van der Waals surface area contributed by atoms with Crippen LogP contribution in [0, 0.1) is 52.3 Å². The zero-order valence-electron chi connectivity index (χ0n) is 20.5. The number of carbonyl (C=O) groups excluding carboxylic acids is 1. The molecule has 0 unspecified atom stereocenters. The van der Waals surface area contributed by atoms with E-state index in [1.807, 2.05) is 0 Å². The first-order valence-electron chi connectivity index (χ1n) is 13.1. The first-order valence-corrected chi connectivity index (χ1v) is 13.1. The molecule has 1 nitrogen and oxygen atoms in total. The van der Waals surface area contributed by atoms with E-state index in [4.69, 9.17) is 0 Å². The van der Waals surface area contributed by atoms with E-state index in [1.165, 1.54) is 50.5 Å². The summed E-state index contributed by atoms with van der Waals surface area (Å²) in [6.45, 7) is 14.7. The third-order valence-corrected chi connectivity index (χ3v) is 10.7. The van der Waals surface area contributed by atoms with Crippen molar-refractivity contribution in [2.75, 3.05) is 0 Å². The summed E-state index contributed by atoms with van der Waals surface area (Å²) in [6, 6.07) is 0. The fourth-order valence-corrected chi connectivity index (χ4v) is 8.75. The Morgan fingerprint density at radius 2 is 1.77 bits per heavy atom. The molecular weight excluding hydrogens is 364 g/mol. The van der Waals surface area contributed by atoms with Gasteiger partial charge in [0.25, 0.3) is 0 Å². The highest BCUT2D eigenvalue weighted by Gasteiger charge is 2.59. The lowest BCUT2D eigenvalue weighted by Gasteiger charge is -2.58. The van der Waals surface area contributed by atoms with Crippen LogP contribution >= 0.6 is 0 Å². The first kappa shape index (κ1) is 22.3. The average Bonchev–Trinajstić information content (AvgIpc) is 3.06. The highest BCUT2D eigenvalue weighted by molar-refractivity contribution is 5.91. The van der Waals surface area contributed by atoms with Gasteiger partial charge in [-0.25, -0.2) is 0 Å². The summed E-state index contributed by atoms with van der Waals surface area (Å²) < 4.78 is 0. The molecule has 1 heteroatoms. The number of carbonyl (C=O) groups is 1. The SMILES string of the molecule is CC[C@H](/C=C\[C@H](C)[C@H]1CC[C@H]2[C@@H]3CCC4=CC(=O)CC[C@]4(C)[C@H]3CC[C@]12C)C(C)C. The Balaban J connectivity index is 1.52. The second kappa shape index (κ2) is 8.25. The van der Waals surface area contributed by atoms with Crippen molar-refractivity contribution < 1.29 is 4.79 Å². The molecule has 0 aliphatic heterocycles. The summed E-state index contributed by atoms with van der Waals surface area (Å²) >= 11 is 0. The fraction of sp³-hybridized carbons (Fsp3) is 0.828. The number of fused-ring (bicyclic) bond motifs is 5. The molecular formula is C29H46O. The van der Waals surface area contributed by atoms with Crippen LogP contribution in [0.3, 0.4) is 0 Å². The van der Waals surface area contributed by atoms with E-state index in [-0.39, 0.29) is 0 Å². The molecule has 30 heavy (non-hydrogen) atoms. The van der Waals surface area contributed by atoms with Gasteiger partial charge in [0.2, 0.25) is 0 Å². The second-order valence-corrected chi connectivity index (χ2v) is 12.3. The van der Waals surface area contributed by atoms with Gasteiger partial charge in [0.15, 0.2) is 5.78 Å². The number of ketones is 1. The molecule has 4 aliphatic carbocycles. The van der Waals surface area contributed by atoms with Gasteiger partial charge in [-0.3, -0.25) is 4.79 Å². The average molecular weight is 411 g/mol. The lowest BCUT2D eigenvalue weighted by atomic mass is 9.46. The molecule has 0 radical (unpaired) electrons. The van der Waals surface area contributed by atoms with E-state index < -0.39 is 0 Å². The molecule has 4 aliphatic rings. The largest absolute Gasteiger partial charge is 0.295 e. The molecule has 0 heterocycles. The van der Waals surface area contributed by atoms with Crippen LogP contribution in [-0.4, -0.2) is 5.78 Å². The standard InChI is InChI=1S/C29H46O/c1-7-21(19(2)3)9-8-20(4)25-12-13-26-24-11-10-22-18-23(30)14-16-28(22,5)27(24)15-17-29(25,26)6/h8-9,18-21,24-27H,7,10-17H2,1-6H3/b9-8-/t20-,21+,24-,25+,26-,27-,28-,29+/m0/s1. The minimum absolute atomic E-state index is 0.313. The van der Waals surface area contributed by atoms with E-state index in [0.29, 0.717) is 22.5 Å². The Hall–Kier alpha value is -0.850. The molecule has 0 saturated heterocycles. The number of hydrogen-bond acceptors (Lipinski definition) is 1. The summed E-state index contributed by atoms with van der Waals surface area (Å²) in [4.78, 5) is 12.1. The fourth-order valence-electron chi connectivity index (χ4n) is 8.75. The highest BCUT2D eigenvalue weighted by atomic mass is 16.1. The molecule has 0 aromatic rings. The minimum Gasteiger partial charge on any atom is -0.295 e. The van der Waals surface area contributed by atoms with Crippen molar-refractivity contribution in [3.8, 4) is 0 Å². The van der Waals surface area contributed by atoms with Gasteiger partial charge in [-0.1, -0.05) is 59.3 Å². The molecule has 3 saturated carbocycles. The van der Waals surface area contributed by atoms with Crippen molar-refractivity contribution in [1.29, 1.82) is 0 Å². The van der Waals surface area contributed by atoms with Gasteiger partial charge in [0.1, 0.15) is 0 Å². The number of allylic oxidation sites excluding steroid dienone is 3. The topological polar surface area (TPSA) is 17.1 Å². The van der Waals surface area contributed by atoms with Crippen molar-refractivity contribution >= 4 is 5.78 Å². The lowest BCUT2D eigenvalue weighted by Crippen LogP contribution is -2.50. The molecule has 168 valence electrons. The first-order chi connectivity index (χ1) is 14.2. The molecule has 0 aromatic heterocycles. The molecule has 0 N–H and O–H groups in total. The summed E-state index contributed by atoms with van der Waals surface area (Å²) in [7, 11) is 0. The smallest absolute Gasteiger partial charge is 0.155 e. The summed E-state index contributed by atoms with van der Waals surface area (Å²) in [5.74, 6) is 6.01. The maximum absolute atomic E-state index is 12.1. The Morgan fingerprint density at radius 1 is 1.00 bits per heavy atom.